The average Bonchev–Trinajstić information content (AvgIpc) is 2.80. The predicted molar refractivity (Wildman–Crippen MR) is 87.8 cm³/mol. The summed E-state index contributed by atoms with van der Waals surface area (Å²) in [7, 11) is -3.32. The highest BCUT2D eigenvalue weighted by Gasteiger charge is 2.37. The number of amides is 2. The van der Waals surface area contributed by atoms with Crippen molar-refractivity contribution >= 4 is 15.9 Å². The summed E-state index contributed by atoms with van der Waals surface area (Å²) in [6.45, 7) is 3.24. The third-order valence-corrected chi connectivity index (χ3v) is 5.13. The summed E-state index contributed by atoms with van der Waals surface area (Å²) in [5, 5.41) is 2.72. The molecule has 0 spiro atoms. The summed E-state index contributed by atoms with van der Waals surface area (Å²) in [5.74, 6) is -0.587. The molecule has 0 aromatic heterocycles. The molecule has 0 unspecified atom stereocenters. The molecule has 134 valence electrons. The van der Waals surface area contributed by atoms with Gasteiger partial charge in [-0.15, -0.1) is 0 Å². The van der Waals surface area contributed by atoms with Gasteiger partial charge in [-0.25, -0.2) is 22.0 Å². The molecule has 2 amide bonds. The van der Waals surface area contributed by atoms with Gasteiger partial charge in [-0.1, -0.05) is 12.1 Å². The summed E-state index contributed by atoms with van der Waals surface area (Å²) in [6, 6.07) is 2.94. The summed E-state index contributed by atoms with van der Waals surface area (Å²) in [6.07, 6.45) is -0.144. The van der Waals surface area contributed by atoms with Crippen LogP contribution in [0.15, 0.2) is 18.2 Å². The minimum absolute atomic E-state index is 0.0184. The fourth-order valence-electron chi connectivity index (χ4n) is 2.90. The van der Waals surface area contributed by atoms with Crippen molar-refractivity contribution in [2.24, 2.45) is 0 Å². The van der Waals surface area contributed by atoms with Crippen LogP contribution in [-0.2, 0) is 9.84 Å². The van der Waals surface area contributed by atoms with Crippen molar-refractivity contribution in [1.29, 1.82) is 0 Å². The number of carbonyl (C=O) groups excluding carboxylic acids is 1. The molecule has 5 nitrogen and oxygen atoms in total. The topological polar surface area (TPSA) is 66.5 Å². The lowest BCUT2D eigenvalue weighted by Gasteiger charge is -2.26. The number of rotatable bonds is 4. The molecule has 2 rings (SSSR count). The van der Waals surface area contributed by atoms with E-state index >= 15 is 0 Å². The van der Waals surface area contributed by atoms with E-state index in [1.807, 2.05) is 0 Å². The molecule has 8 heteroatoms. The summed E-state index contributed by atoms with van der Waals surface area (Å²) in [5.41, 5.74) is 1.19. The minimum atomic E-state index is -3.32. The molecule has 1 aromatic carbocycles. The Morgan fingerprint density at radius 1 is 1.46 bits per heavy atom. The van der Waals surface area contributed by atoms with E-state index in [9.17, 15) is 22.0 Å². The van der Waals surface area contributed by atoms with Gasteiger partial charge in [-0.3, -0.25) is 0 Å². The van der Waals surface area contributed by atoms with E-state index in [1.54, 1.807) is 26.0 Å². The summed E-state index contributed by atoms with van der Waals surface area (Å²) in [4.78, 5) is 13.6. The molecule has 1 aromatic rings. The van der Waals surface area contributed by atoms with Gasteiger partial charge in [0.05, 0.1) is 24.4 Å². The lowest BCUT2D eigenvalue weighted by molar-refractivity contribution is 0.190. The van der Waals surface area contributed by atoms with Gasteiger partial charge in [-0.2, -0.15) is 0 Å². The molecule has 1 fully saturated rings. The quantitative estimate of drug-likeness (QED) is 0.896. The molecule has 3 atom stereocenters. The number of hydrogen-bond acceptors (Lipinski definition) is 3. The second-order valence-electron chi connectivity index (χ2n) is 6.41. The number of alkyl halides is 1. The fraction of sp³-hybridized carbons (Fsp3) is 0.562. The molecule has 1 heterocycles. The van der Waals surface area contributed by atoms with Gasteiger partial charge < -0.3 is 10.2 Å². The normalized spacial score (nSPS) is 22.5. The first-order chi connectivity index (χ1) is 11.1. The molecule has 24 heavy (non-hydrogen) atoms. The number of sulfone groups is 1. The molecule has 1 saturated heterocycles. The van der Waals surface area contributed by atoms with Crippen LogP contribution < -0.4 is 5.32 Å². The number of hydrogen-bond donors (Lipinski definition) is 1. The molecule has 1 N–H and O–H groups in total. The lowest BCUT2D eigenvalue weighted by Crippen LogP contribution is -2.46. The van der Waals surface area contributed by atoms with Crippen molar-refractivity contribution < 1.29 is 22.0 Å². The zero-order valence-corrected chi connectivity index (χ0v) is 14.7. The number of carbonyl (C=O) groups is 1. The highest BCUT2D eigenvalue weighted by molar-refractivity contribution is 7.90. The first-order valence-electron chi connectivity index (χ1n) is 7.72. The van der Waals surface area contributed by atoms with Crippen LogP contribution in [0.1, 0.15) is 30.5 Å². The Kier molecular flexibility index (Phi) is 5.47. The van der Waals surface area contributed by atoms with Crippen molar-refractivity contribution in [2.75, 3.05) is 18.6 Å². The Hall–Kier alpha value is -1.70. The number of benzene rings is 1. The molecule has 1 aliphatic rings. The van der Waals surface area contributed by atoms with Crippen molar-refractivity contribution in [3.8, 4) is 0 Å². The number of likely N-dealkylation sites (tertiary alicyclic amines) is 1. The van der Waals surface area contributed by atoms with E-state index in [1.165, 1.54) is 11.0 Å². The zero-order valence-electron chi connectivity index (χ0n) is 13.9. The Morgan fingerprint density at radius 2 is 2.12 bits per heavy atom. The van der Waals surface area contributed by atoms with E-state index in [2.05, 4.69) is 5.32 Å². The molecular formula is C16H22F2N2O3S. The first-order valence-corrected chi connectivity index (χ1v) is 9.78. The lowest BCUT2D eigenvalue weighted by atomic mass is 10.1. The molecule has 0 radical (unpaired) electrons. The van der Waals surface area contributed by atoms with Crippen molar-refractivity contribution in [3.05, 3.63) is 35.1 Å². The van der Waals surface area contributed by atoms with E-state index < -0.39 is 34.1 Å². The highest BCUT2D eigenvalue weighted by atomic mass is 32.2. The van der Waals surface area contributed by atoms with E-state index in [0.29, 0.717) is 5.56 Å². The van der Waals surface area contributed by atoms with Crippen LogP contribution in [0.5, 0.6) is 0 Å². The Balaban J connectivity index is 2.08. The van der Waals surface area contributed by atoms with Crippen LogP contribution in [0.2, 0.25) is 0 Å². The minimum Gasteiger partial charge on any atom is -0.331 e. The molecule has 0 bridgehead atoms. The van der Waals surface area contributed by atoms with Gasteiger partial charge in [0.1, 0.15) is 21.8 Å². The van der Waals surface area contributed by atoms with Crippen LogP contribution in [0.3, 0.4) is 0 Å². The second-order valence-corrected chi connectivity index (χ2v) is 8.60. The largest absolute Gasteiger partial charge is 0.331 e. The first kappa shape index (κ1) is 18.6. The van der Waals surface area contributed by atoms with Gasteiger partial charge in [0.2, 0.25) is 0 Å². The molecule has 1 aliphatic heterocycles. The number of nitrogens with one attached hydrogen (secondary N) is 1. The number of nitrogens with zero attached hydrogens (tertiary/aromatic N) is 1. The number of aryl methyl sites for hydroxylation is 1. The molecule has 0 saturated carbocycles. The van der Waals surface area contributed by atoms with Crippen molar-refractivity contribution in [3.63, 3.8) is 0 Å². The maximum absolute atomic E-state index is 13.7. The maximum Gasteiger partial charge on any atom is 0.318 e. The Bertz CT molecular complexity index is 724. The average molecular weight is 360 g/mol. The third-order valence-electron chi connectivity index (χ3n) is 4.14. The predicted octanol–water partition coefficient (Wildman–Crippen LogP) is 2.36. The zero-order chi connectivity index (χ0) is 18.1. The molecular weight excluding hydrogens is 338 g/mol. The standard InChI is InChI=1S/C16H22F2N2O3S/c1-10-6-12(4-5-15(10)18)11(2)19-16(21)20-8-13(17)7-14(20)9-24(3,22)23/h4-6,11,13-14H,7-9H2,1-3H3,(H,19,21)/t11-,13+,14+/m1/s1. The van der Waals surface area contributed by atoms with Crippen molar-refractivity contribution in [1.82, 2.24) is 10.2 Å². The SMILES string of the molecule is Cc1cc([C@@H](C)NC(=O)N2C[C@@H](F)C[C@H]2CS(C)(=O)=O)ccc1F. The summed E-state index contributed by atoms with van der Waals surface area (Å²) >= 11 is 0. The van der Waals surface area contributed by atoms with E-state index in [4.69, 9.17) is 0 Å². The van der Waals surface area contributed by atoms with Crippen LogP contribution >= 0.6 is 0 Å². The van der Waals surface area contributed by atoms with Gasteiger partial charge >= 0.3 is 6.03 Å². The van der Waals surface area contributed by atoms with E-state index in [0.717, 1.165) is 11.8 Å². The third kappa shape index (κ3) is 4.66. The number of urea groups is 1. The maximum atomic E-state index is 13.7. The Labute approximate surface area is 141 Å². The van der Waals surface area contributed by atoms with Gasteiger partial charge in [0, 0.05) is 12.7 Å². The van der Waals surface area contributed by atoms with Gasteiger partial charge in [0.25, 0.3) is 0 Å². The van der Waals surface area contributed by atoms with Crippen LogP contribution in [0, 0.1) is 12.7 Å². The second kappa shape index (κ2) is 7.04. The fourth-order valence-corrected chi connectivity index (χ4v) is 3.92. The summed E-state index contributed by atoms with van der Waals surface area (Å²) < 4.78 is 49.9. The van der Waals surface area contributed by atoms with Crippen LogP contribution in [0.4, 0.5) is 13.6 Å². The van der Waals surface area contributed by atoms with Crippen LogP contribution in [-0.4, -0.2) is 50.1 Å². The van der Waals surface area contributed by atoms with Gasteiger partial charge in [0.15, 0.2) is 0 Å². The van der Waals surface area contributed by atoms with Crippen molar-refractivity contribution in [2.45, 2.75) is 38.5 Å². The highest BCUT2D eigenvalue weighted by Crippen LogP contribution is 2.23. The Morgan fingerprint density at radius 3 is 2.71 bits per heavy atom. The monoisotopic (exact) mass is 360 g/mol. The molecule has 0 aliphatic carbocycles. The van der Waals surface area contributed by atoms with Gasteiger partial charge in [-0.05, 0) is 31.0 Å². The smallest absolute Gasteiger partial charge is 0.318 e. The van der Waals surface area contributed by atoms with E-state index in [-0.39, 0.29) is 24.5 Å². The number of halogens is 2. The van der Waals surface area contributed by atoms with Crippen LogP contribution in [0.25, 0.3) is 0 Å².